The van der Waals surface area contributed by atoms with Crippen LogP contribution in [0.3, 0.4) is 0 Å². The van der Waals surface area contributed by atoms with E-state index in [4.69, 9.17) is 0 Å². The maximum Gasteiger partial charge on any atom is 0.263 e. The van der Waals surface area contributed by atoms with Crippen molar-refractivity contribution < 1.29 is 13.2 Å². The van der Waals surface area contributed by atoms with Gasteiger partial charge in [0.15, 0.2) is 5.13 Å². The van der Waals surface area contributed by atoms with Crippen LogP contribution < -0.4 is 9.62 Å². The second kappa shape index (κ2) is 9.61. The molecular weight excluding hydrogens is 448 g/mol. The lowest BCUT2D eigenvalue weighted by Crippen LogP contribution is -2.49. The molecule has 0 spiro atoms. The fourth-order valence-electron chi connectivity index (χ4n) is 3.36. The van der Waals surface area contributed by atoms with E-state index in [1.165, 1.54) is 11.3 Å². The first kappa shape index (κ1) is 22.2. The van der Waals surface area contributed by atoms with Crippen molar-refractivity contribution in [2.75, 3.05) is 35.8 Å². The van der Waals surface area contributed by atoms with E-state index < -0.39 is 10.0 Å². The third-order valence-corrected chi connectivity index (χ3v) is 7.46. The molecule has 3 heterocycles. The summed E-state index contributed by atoms with van der Waals surface area (Å²) in [5, 5.41) is 2.08. The fourth-order valence-corrected chi connectivity index (χ4v) is 5.36. The molecule has 0 saturated carbocycles. The number of amides is 1. The van der Waals surface area contributed by atoms with Crippen molar-refractivity contribution in [3.05, 3.63) is 59.4 Å². The summed E-state index contributed by atoms with van der Waals surface area (Å²) in [6.45, 7) is 4.52. The molecule has 1 aromatic carbocycles. The number of carbonyl (C=O) groups is 1. The second-order valence-corrected chi connectivity index (χ2v) is 10.0. The molecule has 9 nitrogen and oxygen atoms in total. The second-order valence-electron chi connectivity index (χ2n) is 7.48. The Hall–Kier alpha value is -3.05. The molecule has 11 heteroatoms. The van der Waals surface area contributed by atoms with Crippen molar-refractivity contribution >= 4 is 38.3 Å². The Morgan fingerprint density at radius 3 is 2.47 bits per heavy atom. The highest BCUT2D eigenvalue weighted by Crippen LogP contribution is 2.21. The summed E-state index contributed by atoms with van der Waals surface area (Å²) in [6, 6.07) is 8.41. The van der Waals surface area contributed by atoms with E-state index in [0.717, 1.165) is 5.56 Å². The van der Waals surface area contributed by atoms with E-state index in [9.17, 15) is 13.2 Å². The Kier molecular flexibility index (Phi) is 6.66. The Morgan fingerprint density at radius 1 is 1.09 bits per heavy atom. The first-order valence-corrected chi connectivity index (χ1v) is 12.6. The number of nitrogens with one attached hydrogen (secondary N) is 1. The van der Waals surface area contributed by atoms with Gasteiger partial charge in [0, 0.05) is 50.4 Å². The highest BCUT2D eigenvalue weighted by molar-refractivity contribution is 7.93. The topological polar surface area (TPSA) is 108 Å². The summed E-state index contributed by atoms with van der Waals surface area (Å²) in [4.78, 5) is 29.5. The minimum Gasteiger partial charge on any atom is -0.339 e. The van der Waals surface area contributed by atoms with E-state index in [-0.39, 0.29) is 10.8 Å². The summed E-state index contributed by atoms with van der Waals surface area (Å²) in [7, 11) is -3.69. The van der Waals surface area contributed by atoms with Gasteiger partial charge in [0.2, 0.25) is 11.9 Å². The first-order chi connectivity index (χ1) is 15.4. The van der Waals surface area contributed by atoms with Crippen molar-refractivity contribution in [2.45, 2.75) is 24.7 Å². The smallest absolute Gasteiger partial charge is 0.263 e. The maximum absolute atomic E-state index is 12.6. The number of rotatable bonds is 7. The van der Waals surface area contributed by atoms with Crippen LogP contribution in [0.4, 0.5) is 11.1 Å². The molecule has 0 unspecified atom stereocenters. The van der Waals surface area contributed by atoms with Crippen molar-refractivity contribution in [2.24, 2.45) is 0 Å². The van der Waals surface area contributed by atoms with Crippen LogP contribution in [0.2, 0.25) is 0 Å². The summed E-state index contributed by atoms with van der Waals surface area (Å²) < 4.78 is 27.5. The predicted molar refractivity (Wildman–Crippen MR) is 123 cm³/mol. The van der Waals surface area contributed by atoms with Gasteiger partial charge in [-0.15, -0.1) is 11.3 Å². The number of thiazole rings is 1. The SMILES string of the molecule is Cc1ccc(S(=O)(=O)Nc2nc(CCC(=O)N3CCN(c4ncccn4)CC3)cs2)cc1. The van der Waals surface area contributed by atoms with Gasteiger partial charge in [-0.2, -0.15) is 0 Å². The molecule has 1 fully saturated rings. The summed E-state index contributed by atoms with van der Waals surface area (Å²) in [5.74, 6) is 0.746. The molecule has 0 bridgehead atoms. The summed E-state index contributed by atoms with van der Waals surface area (Å²) in [5.41, 5.74) is 1.68. The maximum atomic E-state index is 12.6. The van der Waals surface area contributed by atoms with Gasteiger partial charge >= 0.3 is 0 Å². The largest absolute Gasteiger partial charge is 0.339 e. The number of carbonyl (C=O) groups excluding carboxylic acids is 1. The van der Waals surface area contributed by atoms with Gasteiger partial charge in [0.1, 0.15) is 0 Å². The predicted octanol–water partition coefficient (Wildman–Crippen LogP) is 2.32. The molecule has 4 rings (SSSR count). The van der Waals surface area contributed by atoms with Crippen LogP contribution >= 0.6 is 11.3 Å². The zero-order valence-corrected chi connectivity index (χ0v) is 19.3. The van der Waals surface area contributed by atoms with Crippen LogP contribution in [0.1, 0.15) is 17.7 Å². The lowest BCUT2D eigenvalue weighted by molar-refractivity contribution is -0.131. The van der Waals surface area contributed by atoms with Gasteiger partial charge in [-0.25, -0.2) is 23.4 Å². The van der Waals surface area contributed by atoms with Gasteiger partial charge < -0.3 is 9.80 Å². The van der Waals surface area contributed by atoms with Gasteiger partial charge in [-0.3, -0.25) is 9.52 Å². The first-order valence-electron chi connectivity index (χ1n) is 10.2. The number of sulfonamides is 1. The van der Waals surface area contributed by atoms with E-state index in [0.29, 0.717) is 55.8 Å². The van der Waals surface area contributed by atoms with Gasteiger partial charge in [0.25, 0.3) is 10.0 Å². The average Bonchev–Trinajstić information content (AvgIpc) is 3.25. The highest BCUT2D eigenvalue weighted by atomic mass is 32.2. The molecule has 1 aliphatic rings. The molecule has 2 aromatic heterocycles. The molecule has 0 aliphatic carbocycles. The number of benzene rings is 1. The number of aromatic nitrogens is 3. The van der Waals surface area contributed by atoms with Gasteiger partial charge in [-0.05, 0) is 31.5 Å². The molecule has 168 valence electrons. The molecule has 1 N–H and O–H groups in total. The van der Waals surface area contributed by atoms with E-state index in [1.807, 2.05) is 11.8 Å². The highest BCUT2D eigenvalue weighted by Gasteiger charge is 2.22. The van der Waals surface area contributed by atoms with Crippen LogP contribution in [0.15, 0.2) is 53.0 Å². The minimum absolute atomic E-state index is 0.0633. The Morgan fingerprint density at radius 2 is 1.78 bits per heavy atom. The Bertz CT molecular complexity index is 1160. The number of piperazine rings is 1. The lowest BCUT2D eigenvalue weighted by Gasteiger charge is -2.34. The molecule has 32 heavy (non-hydrogen) atoms. The summed E-state index contributed by atoms with van der Waals surface area (Å²) in [6.07, 6.45) is 4.21. The van der Waals surface area contributed by atoms with Crippen LogP contribution in [-0.4, -0.2) is 60.4 Å². The van der Waals surface area contributed by atoms with Crippen LogP contribution in [-0.2, 0) is 21.2 Å². The molecule has 1 amide bonds. The third-order valence-electron chi connectivity index (χ3n) is 5.17. The Labute approximate surface area is 191 Å². The van der Waals surface area contributed by atoms with Gasteiger partial charge in [-0.1, -0.05) is 17.7 Å². The number of aryl methyl sites for hydroxylation is 2. The molecule has 0 atom stereocenters. The van der Waals surface area contributed by atoms with Crippen molar-refractivity contribution in [3.8, 4) is 0 Å². The average molecular weight is 473 g/mol. The zero-order valence-electron chi connectivity index (χ0n) is 17.6. The quantitative estimate of drug-likeness (QED) is 0.562. The number of anilines is 2. The van der Waals surface area contributed by atoms with Crippen LogP contribution in [0, 0.1) is 6.92 Å². The minimum atomic E-state index is -3.69. The Balaban J connectivity index is 1.27. The van der Waals surface area contributed by atoms with Gasteiger partial charge in [0.05, 0.1) is 10.6 Å². The normalized spacial score (nSPS) is 14.4. The molecule has 1 saturated heterocycles. The monoisotopic (exact) mass is 472 g/mol. The van der Waals surface area contributed by atoms with Crippen LogP contribution in [0.5, 0.6) is 0 Å². The number of hydrogen-bond acceptors (Lipinski definition) is 8. The van der Waals surface area contributed by atoms with Crippen molar-refractivity contribution in [3.63, 3.8) is 0 Å². The van der Waals surface area contributed by atoms with E-state index in [2.05, 4.69) is 24.6 Å². The fraction of sp³-hybridized carbons (Fsp3) is 0.333. The standard InChI is InChI=1S/C21H24N6O3S2/c1-16-3-6-18(7-4-16)32(29,30)25-21-24-17(15-31-21)5-8-19(28)26-11-13-27(14-12-26)20-22-9-2-10-23-20/h2-4,6-7,9-10,15H,5,8,11-14H2,1H3,(H,24,25). The van der Waals surface area contributed by atoms with Crippen LogP contribution in [0.25, 0.3) is 0 Å². The number of hydrogen-bond donors (Lipinski definition) is 1. The van der Waals surface area contributed by atoms with Crippen molar-refractivity contribution in [1.29, 1.82) is 0 Å². The molecule has 1 aliphatic heterocycles. The molecular formula is C21H24N6O3S2. The van der Waals surface area contributed by atoms with E-state index >= 15 is 0 Å². The molecule has 3 aromatic rings. The number of nitrogens with zero attached hydrogens (tertiary/aromatic N) is 5. The molecule has 0 radical (unpaired) electrons. The van der Waals surface area contributed by atoms with Crippen molar-refractivity contribution in [1.82, 2.24) is 19.9 Å². The third kappa shape index (κ3) is 5.40. The lowest BCUT2D eigenvalue weighted by atomic mass is 10.2. The van der Waals surface area contributed by atoms with E-state index in [1.54, 1.807) is 48.1 Å². The zero-order chi connectivity index (χ0) is 22.6. The summed E-state index contributed by atoms with van der Waals surface area (Å²) >= 11 is 1.21.